The van der Waals surface area contributed by atoms with Crippen molar-refractivity contribution in [1.82, 2.24) is 5.32 Å². The molecular formula is C20H26N4O2. The lowest BCUT2D eigenvalue weighted by Crippen LogP contribution is -2.29. The van der Waals surface area contributed by atoms with Crippen LogP contribution in [0.4, 0.5) is 0 Å². The van der Waals surface area contributed by atoms with Crippen molar-refractivity contribution in [3.63, 3.8) is 0 Å². The minimum Gasteiger partial charge on any atom is -0.404 e. The first-order valence-corrected chi connectivity index (χ1v) is 8.68. The van der Waals surface area contributed by atoms with Gasteiger partial charge in [-0.15, -0.1) is 0 Å². The number of rotatable bonds is 8. The van der Waals surface area contributed by atoms with Crippen LogP contribution in [0.3, 0.4) is 0 Å². The van der Waals surface area contributed by atoms with Crippen molar-refractivity contribution in [3.05, 3.63) is 58.9 Å². The predicted octanol–water partition coefficient (Wildman–Crippen LogP) is 1.77. The molecule has 0 heterocycles. The Morgan fingerprint density at radius 3 is 2.65 bits per heavy atom. The van der Waals surface area contributed by atoms with Crippen LogP contribution in [0.1, 0.15) is 36.8 Å². The van der Waals surface area contributed by atoms with Crippen molar-refractivity contribution in [2.75, 3.05) is 7.05 Å². The minimum absolute atomic E-state index is 0.0288. The van der Waals surface area contributed by atoms with Crippen LogP contribution >= 0.6 is 0 Å². The molecule has 138 valence electrons. The summed E-state index contributed by atoms with van der Waals surface area (Å²) in [7, 11) is 1.69. The summed E-state index contributed by atoms with van der Waals surface area (Å²) in [6.45, 7) is 2.34. The molecule has 0 bridgehead atoms. The molecule has 6 nitrogen and oxygen atoms in total. The third-order valence-electron chi connectivity index (χ3n) is 4.47. The van der Waals surface area contributed by atoms with Gasteiger partial charge >= 0.3 is 0 Å². The van der Waals surface area contributed by atoms with Crippen molar-refractivity contribution in [1.29, 1.82) is 0 Å². The number of benzene rings is 1. The van der Waals surface area contributed by atoms with Gasteiger partial charge in [-0.3, -0.25) is 14.6 Å². The van der Waals surface area contributed by atoms with Crippen LogP contribution in [0.25, 0.3) is 0 Å². The van der Waals surface area contributed by atoms with Crippen molar-refractivity contribution in [2.24, 2.45) is 22.4 Å². The molecule has 26 heavy (non-hydrogen) atoms. The van der Waals surface area contributed by atoms with Crippen LogP contribution in [0.5, 0.6) is 0 Å². The Labute approximate surface area is 154 Å². The monoisotopic (exact) mass is 354 g/mol. The Kier molecular flexibility index (Phi) is 6.72. The van der Waals surface area contributed by atoms with Crippen LogP contribution < -0.4 is 16.8 Å². The Balaban J connectivity index is 2.08. The number of amides is 1. The summed E-state index contributed by atoms with van der Waals surface area (Å²) in [6, 6.07) is 7.79. The molecule has 1 atom stereocenters. The molecule has 1 aromatic carbocycles. The number of hydrogen-bond donors (Lipinski definition) is 3. The van der Waals surface area contributed by atoms with E-state index in [9.17, 15) is 9.59 Å². The highest BCUT2D eigenvalue weighted by molar-refractivity contribution is 6.02. The highest BCUT2D eigenvalue weighted by atomic mass is 16.2. The van der Waals surface area contributed by atoms with E-state index < -0.39 is 5.91 Å². The number of nitrogens with zero attached hydrogens (tertiary/aromatic N) is 1. The maximum Gasteiger partial charge on any atom is 0.267 e. The number of nitrogens with two attached hydrogens (primary N) is 2. The average Bonchev–Trinajstić information content (AvgIpc) is 3.49. The van der Waals surface area contributed by atoms with Crippen molar-refractivity contribution >= 4 is 17.9 Å². The molecule has 6 heteroatoms. The second-order valence-electron chi connectivity index (χ2n) is 6.43. The van der Waals surface area contributed by atoms with E-state index in [0.29, 0.717) is 6.54 Å². The fourth-order valence-corrected chi connectivity index (χ4v) is 2.73. The molecule has 1 amide bonds. The average molecular weight is 354 g/mol. The molecule has 0 aromatic heterocycles. The zero-order valence-electron chi connectivity index (χ0n) is 15.2. The molecule has 1 fully saturated rings. The number of ketones is 1. The maximum absolute atomic E-state index is 12.2. The Hall–Kier alpha value is -2.89. The third kappa shape index (κ3) is 5.05. The number of carbonyl (C=O) groups excluding carboxylic acids is 2. The molecule has 1 unspecified atom stereocenters. The van der Waals surface area contributed by atoms with E-state index in [1.54, 1.807) is 13.3 Å². The topological polar surface area (TPSA) is 111 Å². The van der Waals surface area contributed by atoms with E-state index in [-0.39, 0.29) is 23.3 Å². The molecule has 2 rings (SSSR count). The summed E-state index contributed by atoms with van der Waals surface area (Å²) < 4.78 is 0. The zero-order valence-corrected chi connectivity index (χ0v) is 15.2. The van der Waals surface area contributed by atoms with Crippen LogP contribution in [0, 0.1) is 5.92 Å². The van der Waals surface area contributed by atoms with Crippen molar-refractivity contribution in [3.8, 4) is 0 Å². The normalized spacial score (nSPS) is 16.5. The molecule has 0 radical (unpaired) electrons. The summed E-state index contributed by atoms with van der Waals surface area (Å²) in [4.78, 5) is 27.9. The minimum atomic E-state index is -0.439. The molecule has 1 saturated carbocycles. The Bertz CT molecular complexity index is 761. The SMILES string of the molecule is CN=C/C(=C\N)C(C)c1ccccc1CNC(=O)/C(N)=C/C(=O)C1CC1. The third-order valence-corrected chi connectivity index (χ3v) is 4.47. The zero-order chi connectivity index (χ0) is 19.1. The standard InChI is InChI=1S/C20H26N4O2/c1-13(16(10-21)11-23-2)17-6-4-3-5-15(17)12-24-20(26)18(22)9-19(25)14-7-8-14/h3-6,9-11,13-14H,7-8,12,21-22H2,1-2H3,(H,24,26)/b16-10+,18-9-,23-11?. The van der Waals surface area contributed by atoms with Gasteiger partial charge < -0.3 is 16.8 Å². The summed E-state index contributed by atoms with van der Waals surface area (Å²) >= 11 is 0. The summed E-state index contributed by atoms with van der Waals surface area (Å²) in [5.74, 6) is -0.430. The van der Waals surface area contributed by atoms with E-state index in [1.807, 2.05) is 31.2 Å². The lowest BCUT2D eigenvalue weighted by molar-refractivity contribution is -0.119. The first-order chi connectivity index (χ1) is 12.5. The van der Waals surface area contributed by atoms with Gasteiger partial charge in [-0.05, 0) is 35.7 Å². The number of allylic oxidation sites excluding steroid dienone is 2. The second kappa shape index (κ2) is 8.99. The Morgan fingerprint density at radius 2 is 2.04 bits per heavy atom. The van der Waals surface area contributed by atoms with Crippen LogP contribution in [0.2, 0.25) is 0 Å². The summed E-state index contributed by atoms with van der Waals surface area (Å²) in [5, 5.41) is 2.78. The van der Waals surface area contributed by atoms with Crippen LogP contribution in [0.15, 0.2) is 52.8 Å². The van der Waals surface area contributed by atoms with Gasteiger partial charge in [-0.1, -0.05) is 31.2 Å². The largest absolute Gasteiger partial charge is 0.404 e. The highest BCUT2D eigenvalue weighted by Crippen LogP contribution is 2.30. The number of nitrogens with one attached hydrogen (secondary N) is 1. The smallest absolute Gasteiger partial charge is 0.267 e. The molecule has 1 aliphatic carbocycles. The van der Waals surface area contributed by atoms with Crippen molar-refractivity contribution in [2.45, 2.75) is 32.2 Å². The quantitative estimate of drug-likeness (QED) is 0.488. The lowest BCUT2D eigenvalue weighted by atomic mass is 9.90. The maximum atomic E-state index is 12.2. The van der Waals surface area contributed by atoms with Gasteiger partial charge in [0, 0.05) is 37.7 Å². The van der Waals surface area contributed by atoms with Crippen LogP contribution in [-0.4, -0.2) is 25.0 Å². The predicted molar refractivity (Wildman–Crippen MR) is 103 cm³/mol. The summed E-state index contributed by atoms with van der Waals surface area (Å²) in [6.07, 6.45) is 6.27. The molecule has 0 spiro atoms. The van der Waals surface area contributed by atoms with E-state index in [1.165, 1.54) is 12.3 Å². The van der Waals surface area contributed by atoms with Crippen LogP contribution in [-0.2, 0) is 16.1 Å². The van der Waals surface area contributed by atoms with Gasteiger partial charge in [0.05, 0.1) is 0 Å². The van der Waals surface area contributed by atoms with Crippen molar-refractivity contribution < 1.29 is 9.59 Å². The first-order valence-electron chi connectivity index (χ1n) is 8.68. The first kappa shape index (κ1) is 19.4. The van der Waals surface area contributed by atoms with E-state index >= 15 is 0 Å². The van der Waals surface area contributed by atoms with Gasteiger partial charge in [0.25, 0.3) is 5.91 Å². The summed E-state index contributed by atoms with van der Waals surface area (Å²) in [5.41, 5.74) is 14.3. The number of carbonyl (C=O) groups is 2. The Morgan fingerprint density at radius 1 is 1.35 bits per heavy atom. The fraction of sp³-hybridized carbons (Fsp3) is 0.350. The lowest BCUT2D eigenvalue weighted by Gasteiger charge is -2.17. The molecule has 0 aliphatic heterocycles. The molecule has 1 aromatic rings. The van der Waals surface area contributed by atoms with Gasteiger partial charge in [0.2, 0.25) is 0 Å². The number of aliphatic imine (C=N–C) groups is 1. The second-order valence-corrected chi connectivity index (χ2v) is 6.43. The molecule has 1 aliphatic rings. The van der Waals surface area contributed by atoms with E-state index in [0.717, 1.165) is 29.5 Å². The van der Waals surface area contributed by atoms with Gasteiger partial charge in [0.15, 0.2) is 5.78 Å². The van der Waals surface area contributed by atoms with E-state index in [2.05, 4.69) is 10.3 Å². The van der Waals surface area contributed by atoms with Gasteiger partial charge in [-0.2, -0.15) is 0 Å². The number of hydrogen-bond acceptors (Lipinski definition) is 5. The van der Waals surface area contributed by atoms with Gasteiger partial charge in [0.1, 0.15) is 5.70 Å². The molecule has 5 N–H and O–H groups in total. The molecule has 0 saturated heterocycles. The van der Waals surface area contributed by atoms with E-state index in [4.69, 9.17) is 11.5 Å². The highest BCUT2D eigenvalue weighted by Gasteiger charge is 2.28. The molecular weight excluding hydrogens is 328 g/mol. The fourth-order valence-electron chi connectivity index (χ4n) is 2.73. The van der Waals surface area contributed by atoms with Gasteiger partial charge in [-0.25, -0.2) is 0 Å².